The van der Waals surface area contributed by atoms with Crippen molar-refractivity contribution in [2.24, 2.45) is 0 Å². The molecule has 0 aliphatic rings. The van der Waals surface area contributed by atoms with Gasteiger partial charge in [0.1, 0.15) is 5.75 Å². The standard InChI is InChI=1S/C12H16BO/c1-4-10(3)13-14-12-9-7-6-8-11(12)5-2/h5-10H,2,4H2,1,3H3. The zero-order chi connectivity index (χ0) is 10.4. The van der Waals surface area contributed by atoms with Gasteiger partial charge in [-0.3, -0.25) is 0 Å². The van der Waals surface area contributed by atoms with Crippen molar-refractivity contribution in [3.05, 3.63) is 36.4 Å². The lowest BCUT2D eigenvalue weighted by Gasteiger charge is -2.11. The third kappa shape index (κ3) is 2.95. The van der Waals surface area contributed by atoms with Crippen LogP contribution in [0.15, 0.2) is 30.8 Å². The van der Waals surface area contributed by atoms with Crippen molar-refractivity contribution < 1.29 is 4.65 Å². The van der Waals surface area contributed by atoms with Gasteiger partial charge in [0.15, 0.2) is 0 Å². The van der Waals surface area contributed by atoms with E-state index >= 15 is 0 Å². The second-order valence-corrected chi connectivity index (χ2v) is 3.38. The molecule has 14 heavy (non-hydrogen) atoms. The number of para-hydroxylation sites is 1. The van der Waals surface area contributed by atoms with Crippen LogP contribution in [0.5, 0.6) is 5.75 Å². The van der Waals surface area contributed by atoms with E-state index in [2.05, 4.69) is 20.4 Å². The maximum atomic E-state index is 5.58. The summed E-state index contributed by atoms with van der Waals surface area (Å²) in [6.45, 7) is 8.02. The number of hydrogen-bond acceptors (Lipinski definition) is 1. The van der Waals surface area contributed by atoms with Crippen LogP contribution in [-0.4, -0.2) is 7.48 Å². The lowest BCUT2D eigenvalue weighted by molar-refractivity contribution is 0.571. The Morgan fingerprint density at radius 2 is 2.21 bits per heavy atom. The minimum absolute atomic E-state index is 0.480. The van der Waals surface area contributed by atoms with Crippen molar-refractivity contribution in [1.82, 2.24) is 0 Å². The molecule has 1 rings (SSSR count). The highest BCUT2D eigenvalue weighted by Crippen LogP contribution is 2.20. The molecule has 1 aromatic carbocycles. The first kappa shape index (κ1) is 10.9. The molecule has 73 valence electrons. The Kier molecular flexibility index (Phi) is 4.31. The summed E-state index contributed by atoms with van der Waals surface area (Å²) in [5, 5.41) is 0. The van der Waals surface area contributed by atoms with E-state index in [4.69, 9.17) is 4.65 Å². The molecular weight excluding hydrogens is 171 g/mol. The van der Waals surface area contributed by atoms with E-state index in [1.165, 1.54) is 0 Å². The van der Waals surface area contributed by atoms with Gasteiger partial charge >= 0.3 is 7.48 Å². The average Bonchev–Trinajstić information content (AvgIpc) is 2.26. The fraction of sp³-hybridized carbons (Fsp3) is 0.333. The van der Waals surface area contributed by atoms with Crippen LogP contribution < -0.4 is 4.65 Å². The molecule has 0 heterocycles. The first-order chi connectivity index (χ1) is 6.77. The summed E-state index contributed by atoms with van der Waals surface area (Å²) < 4.78 is 5.58. The Morgan fingerprint density at radius 3 is 2.86 bits per heavy atom. The summed E-state index contributed by atoms with van der Waals surface area (Å²) in [5.74, 6) is 1.36. The normalized spacial score (nSPS) is 11.9. The first-order valence-electron chi connectivity index (χ1n) is 4.99. The molecule has 0 N–H and O–H groups in total. The van der Waals surface area contributed by atoms with Gasteiger partial charge in [-0.25, -0.2) is 0 Å². The van der Waals surface area contributed by atoms with Crippen molar-refractivity contribution in [2.75, 3.05) is 0 Å². The number of rotatable bonds is 5. The summed E-state index contributed by atoms with van der Waals surface area (Å²) in [5.41, 5.74) is 1.03. The van der Waals surface area contributed by atoms with Gasteiger partial charge in [0.2, 0.25) is 0 Å². The fourth-order valence-electron chi connectivity index (χ4n) is 1.04. The Morgan fingerprint density at radius 1 is 1.50 bits per heavy atom. The SMILES string of the molecule is C=Cc1ccccc1O[B]C(C)CC. The van der Waals surface area contributed by atoms with E-state index in [9.17, 15) is 0 Å². The van der Waals surface area contributed by atoms with Gasteiger partial charge in [-0.2, -0.15) is 0 Å². The molecule has 0 aliphatic heterocycles. The molecular formula is C12H16BO. The quantitative estimate of drug-likeness (QED) is 0.640. The van der Waals surface area contributed by atoms with E-state index in [0.29, 0.717) is 5.82 Å². The maximum absolute atomic E-state index is 5.58. The highest BCUT2D eigenvalue weighted by atomic mass is 16.4. The summed E-state index contributed by atoms with van der Waals surface area (Å²) in [6, 6.07) is 7.89. The molecule has 0 aromatic heterocycles. The second-order valence-electron chi connectivity index (χ2n) is 3.38. The van der Waals surface area contributed by atoms with E-state index in [1.807, 2.05) is 31.7 Å². The third-order valence-electron chi connectivity index (χ3n) is 2.21. The van der Waals surface area contributed by atoms with Crippen molar-refractivity contribution in [3.63, 3.8) is 0 Å². The zero-order valence-electron chi connectivity index (χ0n) is 8.86. The minimum atomic E-state index is 0.480. The van der Waals surface area contributed by atoms with Crippen LogP contribution in [0, 0.1) is 0 Å². The number of hydrogen-bond donors (Lipinski definition) is 0. The zero-order valence-corrected chi connectivity index (χ0v) is 8.86. The van der Waals surface area contributed by atoms with Gasteiger partial charge in [-0.05, 0) is 11.9 Å². The van der Waals surface area contributed by atoms with Gasteiger partial charge in [0, 0.05) is 5.56 Å². The third-order valence-corrected chi connectivity index (χ3v) is 2.21. The molecule has 0 spiro atoms. The predicted octanol–water partition coefficient (Wildman–Crippen LogP) is 3.55. The predicted molar refractivity (Wildman–Crippen MR) is 62.6 cm³/mol. The topological polar surface area (TPSA) is 9.23 Å². The van der Waals surface area contributed by atoms with Crippen LogP contribution in [0.2, 0.25) is 5.82 Å². The number of benzene rings is 1. The molecule has 0 fully saturated rings. The Bertz CT molecular complexity index is 296. The monoisotopic (exact) mass is 187 g/mol. The molecule has 0 saturated heterocycles. The highest BCUT2D eigenvalue weighted by molar-refractivity contribution is 6.30. The van der Waals surface area contributed by atoms with Crippen molar-refractivity contribution in [2.45, 2.75) is 26.1 Å². The van der Waals surface area contributed by atoms with Crippen molar-refractivity contribution >= 4 is 13.6 Å². The van der Waals surface area contributed by atoms with Gasteiger partial charge in [0.05, 0.1) is 0 Å². The van der Waals surface area contributed by atoms with Crippen LogP contribution in [0.4, 0.5) is 0 Å². The van der Waals surface area contributed by atoms with E-state index in [-0.39, 0.29) is 0 Å². The molecule has 1 radical (unpaired) electrons. The Balaban J connectivity index is 2.61. The van der Waals surface area contributed by atoms with Gasteiger partial charge in [0.25, 0.3) is 0 Å². The van der Waals surface area contributed by atoms with E-state index in [1.54, 1.807) is 6.08 Å². The molecule has 2 heteroatoms. The van der Waals surface area contributed by atoms with Gasteiger partial charge in [-0.15, -0.1) is 0 Å². The van der Waals surface area contributed by atoms with E-state index < -0.39 is 0 Å². The van der Waals surface area contributed by atoms with Crippen molar-refractivity contribution in [3.8, 4) is 5.75 Å². The molecule has 1 aromatic rings. The summed E-state index contributed by atoms with van der Waals surface area (Å²) >= 11 is 0. The summed E-state index contributed by atoms with van der Waals surface area (Å²) in [6.07, 6.45) is 2.90. The lowest BCUT2D eigenvalue weighted by Crippen LogP contribution is -2.08. The molecule has 0 amide bonds. The van der Waals surface area contributed by atoms with Gasteiger partial charge < -0.3 is 4.65 Å². The van der Waals surface area contributed by atoms with Crippen molar-refractivity contribution in [1.29, 1.82) is 0 Å². The minimum Gasteiger partial charge on any atom is -0.562 e. The van der Waals surface area contributed by atoms with Crippen LogP contribution in [0.3, 0.4) is 0 Å². The maximum Gasteiger partial charge on any atom is 0.372 e. The molecule has 1 atom stereocenters. The van der Waals surface area contributed by atoms with Crippen LogP contribution in [0.1, 0.15) is 25.8 Å². The van der Waals surface area contributed by atoms with Crippen LogP contribution in [0.25, 0.3) is 6.08 Å². The average molecular weight is 187 g/mol. The highest BCUT2D eigenvalue weighted by Gasteiger charge is 2.06. The Labute approximate surface area is 87.1 Å². The van der Waals surface area contributed by atoms with Crippen LogP contribution >= 0.6 is 0 Å². The smallest absolute Gasteiger partial charge is 0.372 e. The second kappa shape index (κ2) is 5.53. The molecule has 1 unspecified atom stereocenters. The van der Waals surface area contributed by atoms with Crippen LogP contribution in [-0.2, 0) is 0 Å². The fourth-order valence-corrected chi connectivity index (χ4v) is 1.04. The van der Waals surface area contributed by atoms with E-state index in [0.717, 1.165) is 17.7 Å². The molecule has 0 saturated carbocycles. The first-order valence-corrected chi connectivity index (χ1v) is 4.99. The molecule has 1 nitrogen and oxygen atoms in total. The lowest BCUT2D eigenvalue weighted by atomic mass is 9.80. The Hall–Kier alpha value is -1.18. The summed E-state index contributed by atoms with van der Waals surface area (Å²) in [7, 11) is 1.88. The largest absolute Gasteiger partial charge is 0.562 e. The molecule has 0 aliphatic carbocycles. The molecule has 0 bridgehead atoms. The summed E-state index contributed by atoms with van der Waals surface area (Å²) in [4.78, 5) is 0. The van der Waals surface area contributed by atoms with Gasteiger partial charge in [-0.1, -0.05) is 51.1 Å².